The van der Waals surface area contributed by atoms with E-state index in [0.717, 1.165) is 29.1 Å². The normalized spacial score (nSPS) is 13.9. The van der Waals surface area contributed by atoms with Gasteiger partial charge < -0.3 is 4.74 Å². The largest absolute Gasteiger partial charge is 0.573 e. The summed E-state index contributed by atoms with van der Waals surface area (Å²) in [6.07, 6.45) is -4.82. The Kier molecular flexibility index (Phi) is 5.56. The third-order valence-corrected chi connectivity index (χ3v) is 5.58. The van der Waals surface area contributed by atoms with Crippen LogP contribution < -0.4 is 9.46 Å². The number of hydrogen-bond acceptors (Lipinski definition) is 4. The average Bonchev–Trinajstić information content (AvgIpc) is 2.97. The van der Waals surface area contributed by atoms with Gasteiger partial charge in [0.2, 0.25) is 10.0 Å². The van der Waals surface area contributed by atoms with E-state index >= 15 is 0 Å². The predicted molar refractivity (Wildman–Crippen MR) is 85.3 cm³/mol. The van der Waals surface area contributed by atoms with Gasteiger partial charge in [-0.3, -0.25) is 0 Å². The molecule has 0 bridgehead atoms. The molecule has 2 aromatic rings. The van der Waals surface area contributed by atoms with Gasteiger partial charge in [0.15, 0.2) is 0 Å². The zero-order chi connectivity index (χ0) is 18.0. The molecule has 0 spiro atoms. The maximum Gasteiger partial charge on any atom is 0.573 e. The van der Waals surface area contributed by atoms with Crippen LogP contribution in [0.15, 0.2) is 46.7 Å². The summed E-state index contributed by atoms with van der Waals surface area (Å²) in [5.41, 5.74) is 0. The Morgan fingerprint density at radius 2 is 1.75 bits per heavy atom. The van der Waals surface area contributed by atoms with E-state index in [9.17, 15) is 21.6 Å². The molecule has 132 valence electrons. The van der Waals surface area contributed by atoms with E-state index in [2.05, 4.69) is 9.46 Å². The second-order valence-electron chi connectivity index (χ2n) is 5.38. The number of halogens is 3. The number of benzene rings is 1. The van der Waals surface area contributed by atoms with Crippen LogP contribution >= 0.6 is 11.3 Å². The highest BCUT2D eigenvalue weighted by Gasteiger charge is 2.31. The number of thiophene rings is 1. The zero-order valence-electron chi connectivity index (χ0n) is 12.9. The summed E-state index contributed by atoms with van der Waals surface area (Å²) in [5, 5.41) is 1.85. The molecule has 1 aromatic carbocycles. The molecule has 1 atom stereocenters. The summed E-state index contributed by atoms with van der Waals surface area (Å²) in [5.74, 6) is -0.466. The Hall–Kier alpha value is -1.58. The van der Waals surface area contributed by atoms with Crippen molar-refractivity contribution in [1.29, 1.82) is 0 Å². The summed E-state index contributed by atoms with van der Waals surface area (Å²) in [6, 6.07) is 7.34. The molecule has 0 saturated heterocycles. The van der Waals surface area contributed by atoms with Gasteiger partial charge in [0.05, 0.1) is 10.9 Å². The molecule has 24 heavy (non-hydrogen) atoms. The van der Waals surface area contributed by atoms with Crippen molar-refractivity contribution >= 4 is 21.4 Å². The third-order valence-electron chi connectivity index (χ3n) is 3.17. The highest BCUT2D eigenvalue weighted by molar-refractivity contribution is 7.89. The van der Waals surface area contributed by atoms with Crippen molar-refractivity contribution in [3.05, 3.63) is 46.7 Å². The Morgan fingerprint density at radius 1 is 1.12 bits per heavy atom. The quantitative estimate of drug-likeness (QED) is 0.813. The van der Waals surface area contributed by atoms with Crippen LogP contribution in [0.5, 0.6) is 5.75 Å². The van der Waals surface area contributed by atoms with Gasteiger partial charge in [-0.05, 0) is 41.6 Å². The van der Waals surface area contributed by atoms with E-state index < -0.39 is 28.2 Å². The van der Waals surface area contributed by atoms with Crippen LogP contribution in [0.3, 0.4) is 0 Å². The second kappa shape index (κ2) is 7.12. The molecule has 0 unspecified atom stereocenters. The molecule has 1 heterocycles. The molecule has 0 saturated carbocycles. The van der Waals surface area contributed by atoms with Crippen molar-refractivity contribution in [1.82, 2.24) is 4.72 Å². The van der Waals surface area contributed by atoms with Crippen molar-refractivity contribution in [3.8, 4) is 5.75 Å². The maximum atomic E-state index is 12.5. The highest BCUT2D eigenvalue weighted by Crippen LogP contribution is 2.29. The minimum Gasteiger partial charge on any atom is -0.406 e. The fourth-order valence-electron chi connectivity index (χ4n) is 2.05. The maximum absolute atomic E-state index is 12.5. The lowest BCUT2D eigenvalue weighted by molar-refractivity contribution is -0.274. The Morgan fingerprint density at radius 3 is 2.21 bits per heavy atom. The van der Waals surface area contributed by atoms with Gasteiger partial charge in [0, 0.05) is 4.88 Å². The molecule has 0 fully saturated rings. The van der Waals surface area contributed by atoms with Crippen molar-refractivity contribution in [2.45, 2.75) is 31.1 Å². The Balaban J connectivity index is 2.20. The van der Waals surface area contributed by atoms with Crippen molar-refractivity contribution in [3.63, 3.8) is 0 Å². The summed E-state index contributed by atoms with van der Waals surface area (Å²) in [7, 11) is -3.87. The SMILES string of the molecule is CC(C)[C@H](NS(=O)(=O)c1ccc(OC(F)(F)F)cc1)c1cccs1. The molecule has 1 aromatic heterocycles. The van der Waals surface area contributed by atoms with E-state index in [1.54, 1.807) is 0 Å². The van der Waals surface area contributed by atoms with Crippen LogP contribution in [-0.4, -0.2) is 14.8 Å². The molecule has 2 rings (SSSR count). The second-order valence-corrected chi connectivity index (χ2v) is 8.07. The molecule has 0 radical (unpaired) electrons. The van der Waals surface area contributed by atoms with Crippen LogP contribution in [0, 0.1) is 5.92 Å². The fraction of sp³-hybridized carbons (Fsp3) is 0.333. The number of sulfonamides is 1. The van der Waals surface area contributed by atoms with E-state index in [-0.39, 0.29) is 10.8 Å². The molecular weight excluding hydrogens is 363 g/mol. The molecule has 0 amide bonds. The Labute approximate surface area is 142 Å². The Bertz CT molecular complexity index is 754. The first-order valence-corrected chi connectivity index (χ1v) is 9.36. The third kappa shape index (κ3) is 4.96. The molecule has 0 aliphatic heterocycles. The number of ether oxygens (including phenoxy) is 1. The number of alkyl halides is 3. The highest BCUT2D eigenvalue weighted by atomic mass is 32.2. The molecule has 1 N–H and O–H groups in total. The van der Waals surface area contributed by atoms with Crippen LogP contribution in [0.1, 0.15) is 24.8 Å². The monoisotopic (exact) mass is 379 g/mol. The van der Waals surface area contributed by atoms with Gasteiger partial charge in [0.1, 0.15) is 5.75 Å². The molecule has 0 aliphatic carbocycles. The van der Waals surface area contributed by atoms with Crippen LogP contribution in [0.25, 0.3) is 0 Å². The lowest BCUT2D eigenvalue weighted by atomic mass is 10.0. The van der Waals surface area contributed by atoms with Crippen molar-refractivity contribution < 1.29 is 26.3 Å². The summed E-state index contributed by atoms with van der Waals surface area (Å²) >= 11 is 1.43. The minimum absolute atomic E-state index is 0.00580. The summed E-state index contributed by atoms with van der Waals surface area (Å²) in [6.45, 7) is 3.76. The van der Waals surface area contributed by atoms with Gasteiger partial charge >= 0.3 is 6.36 Å². The minimum atomic E-state index is -4.82. The standard InChI is InChI=1S/C15H16F3NO3S2/c1-10(2)14(13-4-3-9-23-13)19-24(20,21)12-7-5-11(6-8-12)22-15(16,17)18/h3-10,14,19H,1-2H3/t14-/m0/s1. The van der Waals surface area contributed by atoms with Gasteiger partial charge in [-0.25, -0.2) is 13.1 Å². The molecular formula is C15H16F3NO3S2. The average molecular weight is 379 g/mol. The zero-order valence-corrected chi connectivity index (χ0v) is 14.5. The summed E-state index contributed by atoms with van der Waals surface area (Å²) in [4.78, 5) is 0.741. The number of rotatable bonds is 6. The van der Waals surface area contributed by atoms with Gasteiger partial charge in [0.25, 0.3) is 0 Å². The first-order valence-electron chi connectivity index (χ1n) is 7.00. The smallest absolute Gasteiger partial charge is 0.406 e. The van der Waals surface area contributed by atoms with Gasteiger partial charge in [-0.1, -0.05) is 19.9 Å². The topological polar surface area (TPSA) is 55.4 Å². The molecule has 9 heteroatoms. The van der Waals surface area contributed by atoms with Crippen LogP contribution in [0.4, 0.5) is 13.2 Å². The van der Waals surface area contributed by atoms with Crippen LogP contribution in [0.2, 0.25) is 0 Å². The van der Waals surface area contributed by atoms with E-state index in [4.69, 9.17) is 0 Å². The predicted octanol–water partition coefficient (Wildman–Crippen LogP) is 4.32. The van der Waals surface area contributed by atoms with Crippen molar-refractivity contribution in [2.75, 3.05) is 0 Å². The number of hydrogen-bond donors (Lipinski definition) is 1. The van der Waals surface area contributed by atoms with Gasteiger partial charge in [-0.15, -0.1) is 24.5 Å². The molecule has 0 aliphatic rings. The van der Waals surface area contributed by atoms with Crippen molar-refractivity contribution in [2.24, 2.45) is 5.92 Å². The van der Waals surface area contributed by atoms with Gasteiger partial charge in [-0.2, -0.15) is 0 Å². The van der Waals surface area contributed by atoms with E-state index in [1.807, 2.05) is 31.4 Å². The lowest BCUT2D eigenvalue weighted by Gasteiger charge is -2.21. The molecule has 4 nitrogen and oxygen atoms in total. The van der Waals surface area contributed by atoms with E-state index in [1.165, 1.54) is 11.3 Å². The lowest BCUT2D eigenvalue weighted by Crippen LogP contribution is -2.31. The van der Waals surface area contributed by atoms with Crippen LogP contribution in [-0.2, 0) is 10.0 Å². The number of nitrogens with one attached hydrogen (secondary N) is 1. The first kappa shape index (κ1) is 18.8. The summed E-state index contributed by atoms with van der Waals surface area (Å²) < 4.78 is 67.7. The first-order chi connectivity index (χ1) is 11.1. The fourth-order valence-corrected chi connectivity index (χ4v) is 4.43. The van der Waals surface area contributed by atoms with E-state index in [0.29, 0.717) is 0 Å².